The van der Waals surface area contributed by atoms with Crippen LogP contribution in [0.3, 0.4) is 0 Å². The highest BCUT2D eigenvalue weighted by Gasteiger charge is 2.50. The lowest BCUT2D eigenvalue weighted by molar-refractivity contribution is -0.122. The SMILES string of the molecule is CC(=O)NC12CCC1CNC2. The molecule has 11 heavy (non-hydrogen) atoms. The van der Waals surface area contributed by atoms with Gasteiger partial charge < -0.3 is 10.6 Å². The second-order valence-corrected chi connectivity index (χ2v) is 3.70. The molecule has 0 bridgehead atoms. The van der Waals surface area contributed by atoms with Gasteiger partial charge in [0.1, 0.15) is 0 Å². The van der Waals surface area contributed by atoms with E-state index in [9.17, 15) is 4.79 Å². The monoisotopic (exact) mass is 154 g/mol. The van der Waals surface area contributed by atoms with Gasteiger partial charge in [-0.2, -0.15) is 0 Å². The van der Waals surface area contributed by atoms with E-state index in [1.807, 2.05) is 0 Å². The minimum atomic E-state index is 0.110. The average molecular weight is 154 g/mol. The van der Waals surface area contributed by atoms with Crippen molar-refractivity contribution >= 4 is 5.91 Å². The summed E-state index contributed by atoms with van der Waals surface area (Å²) in [6, 6.07) is 0. The maximum atomic E-state index is 10.8. The summed E-state index contributed by atoms with van der Waals surface area (Å²) < 4.78 is 0. The van der Waals surface area contributed by atoms with E-state index in [2.05, 4.69) is 10.6 Å². The fraction of sp³-hybridized carbons (Fsp3) is 0.875. The van der Waals surface area contributed by atoms with Gasteiger partial charge in [-0.1, -0.05) is 0 Å². The highest BCUT2D eigenvalue weighted by molar-refractivity contribution is 5.74. The lowest BCUT2D eigenvalue weighted by atomic mass is 9.69. The molecule has 3 heteroatoms. The zero-order chi connectivity index (χ0) is 7.90. The number of rotatable bonds is 1. The van der Waals surface area contributed by atoms with Crippen molar-refractivity contribution < 1.29 is 4.79 Å². The Hall–Kier alpha value is -0.570. The van der Waals surface area contributed by atoms with E-state index in [4.69, 9.17) is 0 Å². The van der Waals surface area contributed by atoms with Crippen molar-refractivity contribution in [1.29, 1.82) is 0 Å². The number of carbonyl (C=O) groups excluding carboxylic acids is 1. The van der Waals surface area contributed by atoms with E-state index in [1.54, 1.807) is 6.92 Å². The summed E-state index contributed by atoms with van der Waals surface area (Å²) in [4.78, 5) is 10.8. The number of hydrogen-bond donors (Lipinski definition) is 2. The van der Waals surface area contributed by atoms with Crippen LogP contribution in [-0.4, -0.2) is 24.5 Å². The maximum absolute atomic E-state index is 10.8. The molecule has 2 aliphatic rings. The van der Waals surface area contributed by atoms with Gasteiger partial charge in [0.25, 0.3) is 0 Å². The Labute approximate surface area is 66.5 Å². The summed E-state index contributed by atoms with van der Waals surface area (Å²) >= 11 is 0. The van der Waals surface area contributed by atoms with Crippen LogP contribution in [0.4, 0.5) is 0 Å². The fourth-order valence-electron chi connectivity index (χ4n) is 2.26. The lowest BCUT2D eigenvalue weighted by Crippen LogP contribution is -2.59. The molecule has 1 saturated heterocycles. The number of fused-ring (bicyclic) bond motifs is 1. The molecule has 1 heterocycles. The van der Waals surface area contributed by atoms with E-state index in [1.165, 1.54) is 6.42 Å². The van der Waals surface area contributed by atoms with Crippen molar-refractivity contribution in [2.24, 2.45) is 5.92 Å². The maximum Gasteiger partial charge on any atom is 0.217 e. The molecule has 2 atom stereocenters. The largest absolute Gasteiger partial charge is 0.349 e. The Bertz CT molecular complexity index is 193. The van der Waals surface area contributed by atoms with E-state index >= 15 is 0 Å². The molecule has 1 saturated carbocycles. The first-order chi connectivity index (χ1) is 5.23. The van der Waals surface area contributed by atoms with Crippen LogP contribution in [0.1, 0.15) is 19.8 Å². The molecule has 0 aromatic rings. The number of nitrogens with one attached hydrogen (secondary N) is 2. The first-order valence-electron chi connectivity index (χ1n) is 4.22. The van der Waals surface area contributed by atoms with Crippen molar-refractivity contribution in [2.45, 2.75) is 25.3 Å². The van der Waals surface area contributed by atoms with Crippen LogP contribution in [0.2, 0.25) is 0 Å². The van der Waals surface area contributed by atoms with E-state index in [0.717, 1.165) is 19.5 Å². The first kappa shape index (κ1) is 7.10. The molecule has 1 amide bonds. The Morgan fingerprint density at radius 1 is 1.73 bits per heavy atom. The molecule has 0 aromatic heterocycles. The van der Waals surface area contributed by atoms with Crippen LogP contribution in [0.5, 0.6) is 0 Å². The normalized spacial score (nSPS) is 41.0. The van der Waals surface area contributed by atoms with Crippen LogP contribution in [0.15, 0.2) is 0 Å². The molecule has 62 valence electrons. The van der Waals surface area contributed by atoms with Gasteiger partial charge in [0.15, 0.2) is 0 Å². The van der Waals surface area contributed by atoms with Gasteiger partial charge in [-0.15, -0.1) is 0 Å². The Morgan fingerprint density at radius 3 is 3.00 bits per heavy atom. The molecule has 0 radical (unpaired) electrons. The summed E-state index contributed by atoms with van der Waals surface area (Å²) in [5.41, 5.74) is 0.145. The minimum absolute atomic E-state index is 0.110. The third-order valence-corrected chi connectivity index (χ3v) is 2.98. The van der Waals surface area contributed by atoms with Crippen molar-refractivity contribution in [3.8, 4) is 0 Å². The quantitative estimate of drug-likeness (QED) is 0.552. The Morgan fingerprint density at radius 2 is 2.55 bits per heavy atom. The molecular weight excluding hydrogens is 140 g/mol. The van der Waals surface area contributed by atoms with Crippen molar-refractivity contribution in [2.75, 3.05) is 13.1 Å². The number of amides is 1. The Kier molecular flexibility index (Phi) is 1.42. The topological polar surface area (TPSA) is 41.1 Å². The molecule has 1 aliphatic heterocycles. The van der Waals surface area contributed by atoms with Gasteiger partial charge in [0.2, 0.25) is 5.91 Å². The number of hydrogen-bond acceptors (Lipinski definition) is 2. The summed E-state index contributed by atoms with van der Waals surface area (Å²) in [7, 11) is 0. The molecule has 2 N–H and O–H groups in total. The summed E-state index contributed by atoms with van der Waals surface area (Å²) in [5.74, 6) is 0.810. The van der Waals surface area contributed by atoms with E-state index < -0.39 is 0 Å². The van der Waals surface area contributed by atoms with Crippen LogP contribution in [-0.2, 0) is 4.79 Å². The molecule has 0 spiro atoms. The molecule has 2 fully saturated rings. The van der Waals surface area contributed by atoms with Gasteiger partial charge in [-0.3, -0.25) is 4.79 Å². The van der Waals surface area contributed by atoms with Crippen LogP contribution >= 0.6 is 0 Å². The molecule has 3 nitrogen and oxygen atoms in total. The van der Waals surface area contributed by atoms with Gasteiger partial charge in [0.05, 0.1) is 5.54 Å². The van der Waals surface area contributed by atoms with Gasteiger partial charge in [-0.05, 0) is 18.8 Å². The number of carbonyl (C=O) groups is 1. The van der Waals surface area contributed by atoms with Crippen molar-refractivity contribution in [1.82, 2.24) is 10.6 Å². The Balaban J connectivity index is 2.04. The highest BCUT2D eigenvalue weighted by atomic mass is 16.1. The summed E-state index contributed by atoms with van der Waals surface area (Å²) in [5, 5.41) is 6.37. The van der Waals surface area contributed by atoms with E-state index in [0.29, 0.717) is 5.92 Å². The van der Waals surface area contributed by atoms with Crippen LogP contribution < -0.4 is 10.6 Å². The molecule has 2 unspecified atom stereocenters. The van der Waals surface area contributed by atoms with Gasteiger partial charge >= 0.3 is 0 Å². The molecule has 1 aliphatic carbocycles. The zero-order valence-electron chi connectivity index (χ0n) is 6.81. The second kappa shape index (κ2) is 2.21. The van der Waals surface area contributed by atoms with Crippen LogP contribution in [0.25, 0.3) is 0 Å². The summed E-state index contributed by atoms with van der Waals surface area (Å²) in [6.07, 6.45) is 2.43. The van der Waals surface area contributed by atoms with Crippen molar-refractivity contribution in [3.63, 3.8) is 0 Å². The zero-order valence-corrected chi connectivity index (χ0v) is 6.81. The van der Waals surface area contributed by atoms with Crippen LogP contribution in [0, 0.1) is 5.92 Å². The average Bonchev–Trinajstić information content (AvgIpc) is 2.13. The standard InChI is InChI=1S/C8H14N2O/c1-6(11)10-8-3-2-7(8)4-9-5-8/h7,9H,2-5H2,1H3,(H,10,11). The smallest absolute Gasteiger partial charge is 0.217 e. The van der Waals surface area contributed by atoms with Gasteiger partial charge in [0, 0.05) is 20.0 Å². The fourth-order valence-corrected chi connectivity index (χ4v) is 2.26. The van der Waals surface area contributed by atoms with E-state index in [-0.39, 0.29) is 11.4 Å². The summed E-state index contributed by atoms with van der Waals surface area (Å²) in [6.45, 7) is 3.65. The van der Waals surface area contributed by atoms with Crippen molar-refractivity contribution in [3.05, 3.63) is 0 Å². The lowest BCUT2D eigenvalue weighted by Gasteiger charge is -2.44. The third kappa shape index (κ3) is 0.948. The first-order valence-corrected chi connectivity index (χ1v) is 4.22. The minimum Gasteiger partial charge on any atom is -0.349 e. The second-order valence-electron chi connectivity index (χ2n) is 3.70. The molecular formula is C8H14N2O. The molecule has 2 rings (SSSR count). The highest BCUT2D eigenvalue weighted by Crippen LogP contribution is 2.40. The predicted octanol–water partition coefficient (Wildman–Crippen LogP) is -0.125. The molecule has 0 aromatic carbocycles. The van der Waals surface area contributed by atoms with Gasteiger partial charge in [-0.25, -0.2) is 0 Å². The predicted molar refractivity (Wildman–Crippen MR) is 42.1 cm³/mol. The third-order valence-electron chi connectivity index (χ3n) is 2.98.